The van der Waals surface area contributed by atoms with Crippen LogP contribution >= 0.6 is 0 Å². The number of ketones is 1. The molecule has 1 spiro atoms. The van der Waals surface area contributed by atoms with Crippen LogP contribution in [-0.2, 0) is 9.59 Å². The van der Waals surface area contributed by atoms with Crippen LogP contribution in [0.3, 0.4) is 0 Å². The average molecular weight is 445 g/mol. The van der Waals surface area contributed by atoms with Crippen molar-refractivity contribution >= 4 is 29.3 Å². The number of amides is 4. The van der Waals surface area contributed by atoms with Gasteiger partial charge in [-0.3, -0.25) is 19.3 Å². The van der Waals surface area contributed by atoms with Crippen molar-refractivity contribution in [3.8, 4) is 0 Å². The van der Waals surface area contributed by atoms with Gasteiger partial charge in [0.05, 0.1) is 5.69 Å². The van der Waals surface area contributed by atoms with E-state index in [1.165, 1.54) is 13.0 Å². The molecule has 2 saturated heterocycles. The summed E-state index contributed by atoms with van der Waals surface area (Å²) in [7, 11) is 0. The number of Topliss-reactive ketones (excluding diaryl/α,β-unsaturated/α-hetero) is 1. The van der Waals surface area contributed by atoms with Gasteiger partial charge in [0, 0.05) is 31.7 Å². The van der Waals surface area contributed by atoms with E-state index in [0.717, 1.165) is 24.2 Å². The lowest BCUT2D eigenvalue weighted by Crippen LogP contribution is -2.55. The number of imide groups is 1. The van der Waals surface area contributed by atoms with E-state index in [1.807, 2.05) is 11.8 Å². The van der Waals surface area contributed by atoms with Gasteiger partial charge in [-0.25, -0.2) is 9.18 Å². The number of carbonyl (C=O) groups is 4. The number of hydrogen-bond acceptors (Lipinski definition) is 5. The first-order valence-electron chi connectivity index (χ1n) is 11.2. The number of rotatable bonds is 4. The highest BCUT2D eigenvalue weighted by molar-refractivity contribution is 6.09. The zero-order valence-corrected chi connectivity index (χ0v) is 18.5. The summed E-state index contributed by atoms with van der Waals surface area (Å²) in [6.07, 6.45) is 3.40. The lowest BCUT2D eigenvalue weighted by molar-refractivity contribution is -0.140. The second-order valence-corrected chi connectivity index (χ2v) is 9.03. The van der Waals surface area contributed by atoms with Crippen molar-refractivity contribution < 1.29 is 23.6 Å². The van der Waals surface area contributed by atoms with Gasteiger partial charge in [0.15, 0.2) is 5.78 Å². The molecule has 0 aromatic heterocycles. The van der Waals surface area contributed by atoms with Crippen molar-refractivity contribution in [2.75, 3.05) is 37.6 Å². The molecule has 1 saturated carbocycles. The number of anilines is 1. The molecule has 2 atom stereocenters. The third-order valence-corrected chi connectivity index (χ3v) is 7.12. The SMILES string of the molecule is CC(=O)c1ccc(N2CCN(C(=O)CN3C(=O)N[C@]4(CCCC[C@@H]4C)C3=O)CC2)c(F)c1. The Morgan fingerprint density at radius 1 is 1.16 bits per heavy atom. The zero-order valence-electron chi connectivity index (χ0n) is 18.5. The molecular formula is C23H29FN4O4. The molecule has 1 N–H and O–H groups in total. The summed E-state index contributed by atoms with van der Waals surface area (Å²) < 4.78 is 14.4. The van der Waals surface area contributed by atoms with Crippen LogP contribution in [0.4, 0.5) is 14.9 Å². The van der Waals surface area contributed by atoms with Crippen LogP contribution in [0, 0.1) is 11.7 Å². The molecule has 172 valence electrons. The highest BCUT2D eigenvalue weighted by Crippen LogP contribution is 2.38. The Balaban J connectivity index is 1.36. The molecule has 2 heterocycles. The van der Waals surface area contributed by atoms with Crippen molar-refractivity contribution in [1.29, 1.82) is 0 Å². The smallest absolute Gasteiger partial charge is 0.325 e. The van der Waals surface area contributed by atoms with E-state index in [-0.39, 0.29) is 30.1 Å². The molecule has 1 aromatic rings. The number of carbonyl (C=O) groups excluding carboxylic acids is 4. The third kappa shape index (κ3) is 3.84. The predicted molar refractivity (Wildman–Crippen MR) is 116 cm³/mol. The summed E-state index contributed by atoms with van der Waals surface area (Å²) in [6.45, 7) is 4.65. The van der Waals surface area contributed by atoms with Gasteiger partial charge in [-0.15, -0.1) is 0 Å². The van der Waals surface area contributed by atoms with Crippen LogP contribution in [0.1, 0.15) is 49.9 Å². The fourth-order valence-electron chi connectivity index (χ4n) is 5.05. The molecule has 4 rings (SSSR count). The fourth-order valence-corrected chi connectivity index (χ4v) is 5.05. The number of urea groups is 1. The Bertz CT molecular complexity index is 959. The van der Waals surface area contributed by atoms with Crippen LogP contribution in [0.5, 0.6) is 0 Å². The highest BCUT2D eigenvalue weighted by Gasteiger charge is 2.55. The van der Waals surface area contributed by atoms with Gasteiger partial charge in [0.2, 0.25) is 5.91 Å². The average Bonchev–Trinajstić information content (AvgIpc) is 3.00. The lowest BCUT2D eigenvalue weighted by Gasteiger charge is -2.37. The second-order valence-electron chi connectivity index (χ2n) is 9.03. The second kappa shape index (κ2) is 8.52. The normalized spacial score (nSPS) is 26.0. The molecule has 3 aliphatic rings. The predicted octanol–water partition coefficient (Wildman–Crippen LogP) is 2.18. The van der Waals surface area contributed by atoms with Gasteiger partial charge in [-0.05, 0) is 43.9 Å². The number of piperazine rings is 1. The molecular weight excluding hydrogens is 415 g/mol. The number of hydrogen-bond donors (Lipinski definition) is 1. The van der Waals surface area contributed by atoms with E-state index in [2.05, 4.69) is 5.32 Å². The summed E-state index contributed by atoms with van der Waals surface area (Å²) in [5, 5.41) is 2.87. The minimum atomic E-state index is -0.877. The molecule has 1 aliphatic carbocycles. The maximum Gasteiger partial charge on any atom is 0.325 e. The maximum absolute atomic E-state index is 14.4. The van der Waals surface area contributed by atoms with Crippen LogP contribution in [0.2, 0.25) is 0 Å². The van der Waals surface area contributed by atoms with Crippen LogP contribution < -0.4 is 10.2 Å². The van der Waals surface area contributed by atoms with Gasteiger partial charge in [0.1, 0.15) is 17.9 Å². The van der Waals surface area contributed by atoms with Gasteiger partial charge in [-0.1, -0.05) is 19.8 Å². The monoisotopic (exact) mass is 444 g/mol. The summed E-state index contributed by atoms with van der Waals surface area (Å²) in [5.41, 5.74) is -0.166. The highest BCUT2D eigenvalue weighted by atomic mass is 19.1. The molecule has 2 aliphatic heterocycles. The topological polar surface area (TPSA) is 90.0 Å². The van der Waals surface area contributed by atoms with Crippen molar-refractivity contribution in [3.05, 3.63) is 29.6 Å². The Hall–Kier alpha value is -2.97. The van der Waals surface area contributed by atoms with E-state index in [1.54, 1.807) is 17.0 Å². The third-order valence-electron chi connectivity index (χ3n) is 7.12. The van der Waals surface area contributed by atoms with E-state index >= 15 is 0 Å². The fraction of sp³-hybridized carbons (Fsp3) is 0.565. The minimum Gasteiger partial charge on any atom is -0.366 e. The molecule has 4 amide bonds. The first kappa shape index (κ1) is 22.2. The molecule has 8 nitrogen and oxygen atoms in total. The molecule has 3 fully saturated rings. The number of benzene rings is 1. The van der Waals surface area contributed by atoms with Gasteiger partial charge < -0.3 is 15.1 Å². The van der Waals surface area contributed by atoms with E-state index in [0.29, 0.717) is 43.9 Å². The summed E-state index contributed by atoms with van der Waals surface area (Å²) >= 11 is 0. The maximum atomic E-state index is 14.4. The largest absolute Gasteiger partial charge is 0.366 e. The molecule has 0 bridgehead atoms. The van der Waals surface area contributed by atoms with Crippen molar-refractivity contribution in [2.45, 2.75) is 45.1 Å². The summed E-state index contributed by atoms with van der Waals surface area (Å²) in [4.78, 5) is 54.4. The molecule has 32 heavy (non-hydrogen) atoms. The molecule has 0 radical (unpaired) electrons. The number of nitrogens with zero attached hydrogens (tertiary/aromatic N) is 3. The van der Waals surface area contributed by atoms with Gasteiger partial charge in [-0.2, -0.15) is 0 Å². The Morgan fingerprint density at radius 3 is 2.50 bits per heavy atom. The van der Waals surface area contributed by atoms with Crippen LogP contribution in [0.25, 0.3) is 0 Å². The Labute approximate surface area is 186 Å². The van der Waals surface area contributed by atoms with E-state index < -0.39 is 17.4 Å². The van der Waals surface area contributed by atoms with Crippen molar-refractivity contribution in [3.63, 3.8) is 0 Å². The number of nitrogens with one attached hydrogen (secondary N) is 1. The standard InChI is InChI=1S/C23H29FN4O4/c1-15-5-3-4-8-23(15)21(31)28(22(32)25-23)14-20(30)27-11-9-26(10-12-27)19-7-6-17(16(2)29)13-18(19)24/h6-7,13,15H,3-5,8-12,14H2,1-2H3,(H,25,32)/t15-,23-/m0/s1. The Morgan fingerprint density at radius 2 is 1.88 bits per heavy atom. The first-order valence-corrected chi connectivity index (χ1v) is 11.2. The quantitative estimate of drug-likeness (QED) is 0.568. The molecule has 1 aromatic carbocycles. The van der Waals surface area contributed by atoms with Gasteiger partial charge >= 0.3 is 6.03 Å². The molecule has 9 heteroatoms. The molecule has 0 unspecified atom stereocenters. The van der Waals surface area contributed by atoms with Crippen LogP contribution in [0.15, 0.2) is 18.2 Å². The minimum absolute atomic E-state index is 0.0423. The zero-order chi connectivity index (χ0) is 23.0. The first-order chi connectivity index (χ1) is 15.2. The number of halogens is 1. The summed E-state index contributed by atoms with van der Waals surface area (Å²) in [6, 6.07) is 3.91. The Kier molecular flexibility index (Phi) is 5.92. The van der Waals surface area contributed by atoms with E-state index in [4.69, 9.17) is 0 Å². The lowest BCUT2D eigenvalue weighted by atomic mass is 9.73. The van der Waals surface area contributed by atoms with E-state index in [9.17, 15) is 23.6 Å². The van der Waals surface area contributed by atoms with Crippen molar-refractivity contribution in [2.24, 2.45) is 5.92 Å². The van der Waals surface area contributed by atoms with Gasteiger partial charge in [0.25, 0.3) is 5.91 Å². The van der Waals surface area contributed by atoms with Crippen LogP contribution in [-0.4, -0.2) is 71.7 Å². The summed E-state index contributed by atoms with van der Waals surface area (Å²) in [5.74, 6) is -1.21. The van der Waals surface area contributed by atoms with Crippen molar-refractivity contribution in [1.82, 2.24) is 15.1 Å².